The number of anilines is 2. The Balaban J connectivity index is 1.94. The molecule has 2 rings (SSSR count). The van der Waals surface area contributed by atoms with E-state index in [2.05, 4.69) is 15.3 Å². The lowest BCUT2D eigenvalue weighted by Crippen LogP contribution is -2.11. The minimum atomic E-state index is 0.676. The van der Waals surface area contributed by atoms with Gasteiger partial charge >= 0.3 is 0 Å². The zero-order valence-corrected chi connectivity index (χ0v) is 10.1. The second-order valence-corrected chi connectivity index (χ2v) is 4.02. The van der Waals surface area contributed by atoms with Crippen LogP contribution in [0, 0.1) is 6.92 Å². The van der Waals surface area contributed by atoms with Crippen LogP contribution in [0.1, 0.15) is 11.5 Å². The molecular formula is C12H17N5. The second kappa shape index (κ2) is 4.86. The lowest BCUT2D eigenvalue weighted by atomic mass is 10.3. The first-order chi connectivity index (χ1) is 8.16. The van der Waals surface area contributed by atoms with Crippen molar-refractivity contribution in [1.82, 2.24) is 14.5 Å². The van der Waals surface area contributed by atoms with Crippen LogP contribution < -0.4 is 11.1 Å². The topological polar surface area (TPSA) is 68.8 Å². The van der Waals surface area contributed by atoms with E-state index in [1.54, 1.807) is 6.20 Å². The molecule has 17 heavy (non-hydrogen) atoms. The highest BCUT2D eigenvalue weighted by Crippen LogP contribution is 2.14. The van der Waals surface area contributed by atoms with E-state index in [4.69, 9.17) is 5.73 Å². The van der Waals surface area contributed by atoms with Crippen molar-refractivity contribution in [3.05, 3.63) is 36.0 Å². The normalized spacial score (nSPS) is 10.5. The number of nitrogens with zero attached hydrogens (tertiary/aromatic N) is 3. The largest absolute Gasteiger partial charge is 0.396 e. The lowest BCUT2D eigenvalue weighted by molar-refractivity contribution is 0.788. The Morgan fingerprint density at radius 3 is 2.94 bits per heavy atom. The third-order valence-corrected chi connectivity index (χ3v) is 2.63. The molecule has 3 N–H and O–H groups in total. The van der Waals surface area contributed by atoms with Gasteiger partial charge in [-0.2, -0.15) is 0 Å². The molecule has 0 spiro atoms. The van der Waals surface area contributed by atoms with Crippen LogP contribution >= 0.6 is 0 Å². The van der Waals surface area contributed by atoms with Crippen LogP contribution in [0.25, 0.3) is 0 Å². The Hall–Kier alpha value is -2.04. The molecule has 0 aliphatic carbocycles. The molecule has 0 bridgehead atoms. The molecule has 0 unspecified atom stereocenters. The minimum Gasteiger partial charge on any atom is -0.396 e. The quantitative estimate of drug-likeness (QED) is 0.833. The highest BCUT2D eigenvalue weighted by molar-refractivity contribution is 5.61. The summed E-state index contributed by atoms with van der Waals surface area (Å²) in [6.45, 7) is 2.72. The van der Waals surface area contributed by atoms with Crippen LogP contribution in [-0.2, 0) is 13.5 Å². The molecule has 5 nitrogen and oxygen atoms in total. The number of hydrogen-bond acceptors (Lipinski definition) is 4. The Bertz CT molecular complexity index is 503. The zero-order valence-electron chi connectivity index (χ0n) is 10.1. The summed E-state index contributed by atoms with van der Waals surface area (Å²) in [5.74, 6) is 1.79. The summed E-state index contributed by atoms with van der Waals surface area (Å²) in [4.78, 5) is 8.61. The van der Waals surface area contributed by atoms with E-state index < -0.39 is 0 Å². The molecule has 90 valence electrons. The standard InChI is InChI=1S/C12H17N5/c1-9-3-4-10(13)12(16-9)15-6-5-11-14-7-8-17(11)2/h3-4,7-8H,5-6,13H2,1-2H3,(H,15,16). The smallest absolute Gasteiger partial charge is 0.149 e. The molecule has 2 aromatic rings. The maximum absolute atomic E-state index is 5.83. The Kier molecular flexibility index (Phi) is 3.27. The number of aryl methyl sites for hydroxylation is 2. The van der Waals surface area contributed by atoms with Gasteiger partial charge in [0.25, 0.3) is 0 Å². The highest BCUT2D eigenvalue weighted by Gasteiger charge is 2.02. The fourth-order valence-electron chi connectivity index (χ4n) is 1.64. The molecule has 0 fully saturated rings. The Morgan fingerprint density at radius 2 is 2.24 bits per heavy atom. The van der Waals surface area contributed by atoms with Gasteiger partial charge in [-0.15, -0.1) is 0 Å². The van der Waals surface area contributed by atoms with Gasteiger partial charge in [0.2, 0.25) is 0 Å². The number of imidazole rings is 1. The number of nitrogens with two attached hydrogens (primary N) is 1. The van der Waals surface area contributed by atoms with E-state index >= 15 is 0 Å². The fraction of sp³-hybridized carbons (Fsp3) is 0.333. The molecular weight excluding hydrogens is 214 g/mol. The maximum atomic E-state index is 5.83. The van der Waals surface area contributed by atoms with E-state index in [-0.39, 0.29) is 0 Å². The van der Waals surface area contributed by atoms with Crippen molar-refractivity contribution < 1.29 is 0 Å². The van der Waals surface area contributed by atoms with Crippen molar-refractivity contribution in [3.63, 3.8) is 0 Å². The van der Waals surface area contributed by atoms with Gasteiger partial charge in [0.1, 0.15) is 11.6 Å². The summed E-state index contributed by atoms with van der Waals surface area (Å²) in [5.41, 5.74) is 7.47. The molecule has 2 heterocycles. The lowest BCUT2D eigenvalue weighted by Gasteiger charge is -2.08. The van der Waals surface area contributed by atoms with Crippen molar-refractivity contribution in [2.75, 3.05) is 17.6 Å². The third-order valence-electron chi connectivity index (χ3n) is 2.63. The first-order valence-electron chi connectivity index (χ1n) is 5.60. The van der Waals surface area contributed by atoms with E-state index in [0.717, 1.165) is 30.3 Å². The molecule has 0 aromatic carbocycles. The van der Waals surface area contributed by atoms with Crippen LogP contribution in [0.5, 0.6) is 0 Å². The van der Waals surface area contributed by atoms with Crippen LogP contribution in [0.15, 0.2) is 24.5 Å². The van der Waals surface area contributed by atoms with E-state index in [0.29, 0.717) is 5.69 Å². The molecule has 0 saturated carbocycles. The first kappa shape index (κ1) is 11.4. The molecule has 5 heteroatoms. The van der Waals surface area contributed by atoms with Crippen molar-refractivity contribution in [3.8, 4) is 0 Å². The molecule has 0 amide bonds. The average molecular weight is 231 g/mol. The summed E-state index contributed by atoms with van der Waals surface area (Å²) in [6, 6.07) is 3.77. The summed E-state index contributed by atoms with van der Waals surface area (Å²) < 4.78 is 2.01. The van der Waals surface area contributed by atoms with Gasteiger partial charge in [-0.25, -0.2) is 9.97 Å². The van der Waals surface area contributed by atoms with Crippen LogP contribution in [0.2, 0.25) is 0 Å². The third kappa shape index (κ3) is 2.75. The molecule has 2 aromatic heterocycles. The maximum Gasteiger partial charge on any atom is 0.149 e. The second-order valence-electron chi connectivity index (χ2n) is 4.02. The van der Waals surface area contributed by atoms with Gasteiger partial charge in [0.05, 0.1) is 5.69 Å². The monoisotopic (exact) mass is 231 g/mol. The van der Waals surface area contributed by atoms with Crippen molar-refractivity contribution in [1.29, 1.82) is 0 Å². The number of rotatable bonds is 4. The summed E-state index contributed by atoms with van der Waals surface area (Å²) in [5, 5.41) is 3.23. The van der Waals surface area contributed by atoms with Gasteiger partial charge in [0.15, 0.2) is 0 Å². The van der Waals surface area contributed by atoms with Gasteiger partial charge in [-0.1, -0.05) is 0 Å². The first-order valence-corrected chi connectivity index (χ1v) is 5.60. The highest BCUT2D eigenvalue weighted by atomic mass is 15.1. The number of pyridine rings is 1. The van der Waals surface area contributed by atoms with E-state index in [1.165, 1.54) is 0 Å². The predicted octanol–water partition coefficient (Wildman–Crippen LogP) is 1.36. The number of nitrogen functional groups attached to an aromatic ring is 1. The van der Waals surface area contributed by atoms with Crippen molar-refractivity contribution in [2.24, 2.45) is 7.05 Å². The Labute approximate surface area is 101 Å². The number of nitrogens with one attached hydrogen (secondary N) is 1. The summed E-state index contributed by atoms with van der Waals surface area (Å²) >= 11 is 0. The van der Waals surface area contributed by atoms with Crippen LogP contribution in [0.4, 0.5) is 11.5 Å². The van der Waals surface area contributed by atoms with Crippen LogP contribution in [-0.4, -0.2) is 21.1 Å². The van der Waals surface area contributed by atoms with Gasteiger partial charge in [-0.3, -0.25) is 0 Å². The van der Waals surface area contributed by atoms with Crippen LogP contribution in [0.3, 0.4) is 0 Å². The van der Waals surface area contributed by atoms with Gasteiger partial charge in [0, 0.05) is 38.1 Å². The van der Waals surface area contributed by atoms with E-state index in [9.17, 15) is 0 Å². The van der Waals surface area contributed by atoms with Gasteiger partial charge in [-0.05, 0) is 19.1 Å². The SMILES string of the molecule is Cc1ccc(N)c(NCCc2nccn2C)n1. The molecule has 0 aliphatic rings. The fourth-order valence-corrected chi connectivity index (χ4v) is 1.64. The summed E-state index contributed by atoms with van der Waals surface area (Å²) in [6.07, 6.45) is 4.59. The number of aromatic nitrogens is 3. The predicted molar refractivity (Wildman–Crippen MR) is 68.8 cm³/mol. The molecule has 0 aliphatic heterocycles. The number of hydrogen-bond donors (Lipinski definition) is 2. The molecule has 0 atom stereocenters. The van der Waals surface area contributed by atoms with E-state index in [1.807, 2.05) is 36.9 Å². The minimum absolute atomic E-state index is 0.676. The Morgan fingerprint density at radius 1 is 1.41 bits per heavy atom. The molecule has 0 saturated heterocycles. The molecule has 0 radical (unpaired) electrons. The zero-order chi connectivity index (χ0) is 12.3. The summed E-state index contributed by atoms with van der Waals surface area (Å²) in [7, 11) is 1.99. The van der Waals surface area contributed by atoms with Crippen molar-refractivity contribution in [2.45, 2.75) is 13.3 Å². The average Bonchev–Trinajstić information content (AvgIpc) is 2.70. The van der Waals surface area contributed by atoms with Crippen molar-refractivity contribution >= 4 is 11.5 Å². The van der Waals surface area contributed by atoms with Gasteiger partial charge < -0.3 is 15.6 Å².